The normalized spacial score (nSPS) is 12.6. The predicted octanol–water partition coefficient (Wildman–Crippen LogP) is 4.29. The van der Waals surface area contributed by atoms with Crippen LogP contribution in [0.2, 0.25) is 0 Å². The molecule has 1 rings (SSSR count). The summed E-state index contributed by atoms with van der Waals surface area (Å²) >= 11 is 5.59. The Bertz CT molecular complexity index is 317. The number of benzene rings is 1. The molecule has 0 aliphatic rings. The van der Waals surface area contributed by atoms with Crippen LogP contribution in [-0.2, 0) is 0 Å². The van der Waals surface area contributed by atoms with Crippen LogP contribution in [0.25, 0.3) is 0 Å². The van der Waals surface area contributed by atoms with Crippen LogP contribution in [0, 0.1) is 0 Å². The van der Waals surface area contributed by atoms with Crippen molar-refractivity contribution in [3.05, 3.63) is 34.3 Å². The summed E-state index contributed by atoms with van der Waals surface area (Å²) in [6, 6.07) is 8.59. The first kappa shape index (κ1) is 15.1. The van der Waals surface area contributed by atoms with Gasteiger partial charge in [0.1, 0.15) is 0 Å². The Labute approximate surface area is 118 Å². The van der Waals surface area contributed by atoms with E-state index in [1.54, 1.807) is 0 Å². The van der Waals surface area contributed by atoms with Gasteiger partial charge in [-0.25, -0.2) is 0 Å². The van der Waals surface area contributed by atoms with E-state index in [1.807, 2.05) is 11.8 Å². The summed E-state index contributed by atoms with van der Waals surface area (Å²) in [6.45, 7) is 4.40. The Balaban J connectivity index is 2.64. The van der Waals surface area contributed by atoms with E-state index in [2.05, 4.69) is 58.7 Å². The van der Waals surface area contributed by atoms with Crippen molar-refractivity contribution in [2.45, 2.75) is 25.7 Å². The van der Waals surface area contributed by atoms with Crippen molar-refractivity contribution in [2.24, 2.45) is 0 Å². The molecule has 0 heterocycles. The Hall–Kier alpha value is 0.01000. The quantitative estimate of drug-likeness (QED) is 0.718. The Kier molecular flexibility index (Phi) is 7.99. The van der Waals surface area contributed by atoms with E-state index >= 15 is 0 Å². The second-order valence-corrected chi connectivity index (χ2v) is 6.04. The molecule has 0 amide bonds. The lowest BCUT2D eigenvalue weighted by Gasteiger charge is -2.19. The third kappa shape index (κ3) is 5.45. The fraction of sp³-hybridized carbons (Fsp3) is 0.571. The molecule has 1 aromatic carbocycles. The Morgan fingerprint density at radius 3 is 2.76 bits per heavy atom. The summed E-state index contributed by atoms with van der Waals surface area (Å²) in [7, 11) is 0. The fourth-order valence-corrected chi connectivity index (χ4v) is 3.02. The van der Waals surface area contributed by atoms with Gasteiger partial charge in [-0.2, -0.15) is 11.8 Å². The third-order valence-corrected chi connectivity index (χ3v) is 4.20. The maximum Gasteiger partial charge on any atom is 0.0210 e. The number of rotatable bonds is 8. The van der Waals surface area contributed by atoms with Gasteiger partial charge < -0.3 is 5.32 Å². The summed E-state index contributed by atoms with van der Waals surface area (Å²) in [4.78, 5) is 0. The highest BCUT2D eigenvalue weighted by Crippen LogP contribution is 2.27. The first-order chi connectivity index (χ1) is 8.29. The van der Waals surface area contributed by atoms with Gasteiger partial charge >= 0.3 is 0 Å². The van der Waals surface area contributed by atoms with Crippen molar-refractivity contribution in [1.82, 2.24) is 5.32 Å². The summed E-state index contributed by atoms with van der Waals surface area (Å²) in [5, 5.41) is 3.54. The van der Waals surface area contributed by atoms with Crippen molar-refractivity contribution < 1.29 is 0 Å². The van der Waals surface area contributed by atoms with Crippen LogP contribution in [0.4, 0.5) is 0 Å². The zero-order valence-corrected chi connectivity index (χ0v) is 13.1. The van der Waals surface area contributed by atoms with Gasteiger partial charge in [-0.1, -0.05) is 41.1 Å². The lowest BCUT2D eigenvalue weighted by atomic mass is 9.96. The minimum atomic E-state index is 0.615. The van der Waals surface area contributed by atoms with Gasteiger partial charge in [0, 0.05) is 11.0 Å². The Morgan fingerprint density at radius 2 is 2.12 bits per heavy atom. The fourth-order valence-electron chi connectivity index (χ4n) is 1.89. The lowest BCUT2D eigenvalue weighted by Crippen LogP contribution is -2.23. The summed E-state index contributed by atoms with van der Waals surface area (Å²) in [5.74, 6) is 1.84. The van der Waals surface area contributed by atoms with E-state index in [9.17, 15) is 0 Å². The molecule has 1 aromatic rings. The van der Waals surface area contributed by atoms with Crippen LogP contribution in [-0.4, -0.2) is 25.1 Å². The molecule has 0 radical (unpaired) electrons. The highest BCUT2D eigenvalue weighted by atomic mass is 79.9. The molecular formula is C14H22BrNS. The van der Waals surface area contributed by atoms with E-state index in [1.165, 1.54) is 28.6 Å². The smallest absolute Gasteiger partial charge is 0.0210 e. The average molecular weight is 316 g/mol. The second kappa shape index (κ2) is 9.01. The predicted molar refractivity (Wildman–Crippen MR) is 83.0 cm³/mol. The first-order valence-corrected chi connectivity index (χ1v) is 8.42. The Morgan fingerprint density at radius 1 is 1.35 bits per heavy atom. The maximum absolute atomic E-state index is 3.66. The van der Waals surface area contributed by atoms with Gasteiger partial charge in [-0.05, 0) is 48.9 Å². The molecule has 0 fully saturated rings. The van der Waals surface area contributed by atoms with Crippen molar-refractivity contribution in [3.63, 3.8) is 0 Å². The van der Waals surface area contributed by atoms with Crippen LogP contribution >= 0.6 is 27.7 Å². The molecule has 1 atom stereocenters. The number of halogens is 1. The van der Waals surface area contributed by atoms with Crippen molar-refractivity contribution in [3.8, 4) is 0 Å². The SMILES string of the molecule is CCCNCC(CCSC)c1ccccc1Br. The van der Waals surface area contributed by atoms with Gasteiger partial charge in [0.05, 0.1) is 0 Å². The standard InChI is InChI=1S/C14H22BrNS/c1-3-9-16-11-12(8-10-17-2)13-6-4-5-7-14(13)15/h4-7,12,16H,3,8-11H2,1-2H3. The molecule has 3 heteroatoms. The number of hydrogen-bond acceptors (Lipinski definition) is 2. The monoisotopic (exact) mass is 315 g/mol. The van der Waals surface area contributed by atoms with Crippen molar-refractivity contribution in [1.29, 1.82) is 0 Å². The van der Waals surface area contributed by atoms with Crippen molar-refractivity contribution >= 4 is 27.7 Å². The van der Waals surface area contributed by atoms with Gasteiger partial charge in [0.15, 0.2) is 0 Å². The van der Waals surface area contributed by atoms with E-state index in [-0.39, 0.29) is 0 Å². The van der Waals surface area contributed by atoms with Crippen LogP contribution in [0.1, 0.15) is 31.2 Å². The number of thioether (sulfide) groups is 1. The largest absolute Gasteiger partial charge is 0.316 e. The van der Waals surface area contributed by atoms with Crippen molar-refractivity contribution in [2.75, 3.05) is 25.1 Å². The van der Waals surface area contributed by atoms with Gasteiger partial charge in [0.25, 0.3) is 0 Å². The zero-order chi connectivity index (χ0) is 12.5. The summed E-state index contributed by atoms with van der Waals surface area (Å²) < 4.78 is 1.24. The third-order valence-electron chi connectivity index (χ3n) is 2.83. The molecule has 96 valence electrons. The minimum Gasteiger partial charge on any atom is -0.316 e. The first-order valence-electron chi connectivity index (χ1n) is 6.23. The molecule has 1 unspecified atom stereocenters. The number of hydrogen-bond donors (Lipinski definition) is 1. The van der Waals surface area contributed by atoms with Crippen LogP contribution in [0.3, 0.4) is 0 Å². The summed E-state index contributed by atoms with van der Waals surface area (Å²) in [6.07, 6.45) is 4.61. The molecule has 0 saturated heterocycles. The van der Waals surface area contributed by atoms with Crippen LogP contribution in [0.15, 0.2) is 28.7 Å². The molecule has 1 N–H and O–H groups in total. The molecule has 1 nitrogen and oxygen atoms in total. The van der Waals surface area contributed by atoms with Gasteiger partial charge in [0.2, 0.25) is 0 Å². The zero-order valence-electron chi connectivity index (χ0n) is 10.7. The molecule has 0 aliphatic heterocycles. The molecule has 0 aromatic heterocycles. The molecule has 0 saturated carbocycles. The maximum atomic E-state index is 3.66. The molecule has 0 spiro atoms. The van der Waals surface area contributed by atoms with Gasteiger partial charge in [-0.3, -0.25) is 0 Å². The van der Waals surface area contributed by atoms with Crippen LogP contribution < -0.4 is 5.32 Å². The second-order valence-electron chi connectivity index (χ2n) is 4.20. The van der Waals surface area contributed by atoms with E-state index in [4.69, 9.17) is 0 Å². The minimum absolute atomic E-state index is 0.615. The molecule has 17 heavy (non-hydrogen) atoms. The average Bonchev–Trinajstić information content (AvgIpc) is 2.35. The highest BCUT2D eigenvalue weighted by molar-refractivity contribution is 9.10. The topological polar surface area (TPSA) is 12.0 Å². The molecular weight excluding hydrogens is 294 g/mol. The molecule has 0 aliphatic carbocycles. The molecule has 0 bridgehead atoms. The van der Waals surface area contributed by atoms with Crippen LogP contribution in [0.5, 0.6) is 0 Å². The highest BCUT2D eigenvalue weighted by Gasteiger charge is 2.13. The van der Waals surface area contributed by atoms with Gasteiger partial charge in [-0.15, -0.1) is 0 Å². The number of nitrogens with one attached hydrogen (secondary N) is 1. The lowest BCUT2D eigenvalue weighted by molar-refractivity contribution is 0.568. The van der Waals surface area contributed by atoms with E-state index < -0.39 is 0 Å². The van der Waals surface area contributed by atoms with E-state index in [0.717, 1.165) is 13.1 Å². The summed E-state index contributed by atoms with van der Waals surface area (Å²) in [5.41, 5.74) is 1.44. The van der Waals surface area contributed by atoms with E-state index in [0.29, 0.717) is 5.92 Å².